The SMILES string of the molecule is CN(CCOCCOCCOCCOCCN(C(=O)OC(C)(C)C)C(=O)OC(C)(C)C)c1ncc(C(=O)NC2C(C)(C)C(Oc3ccc(C#N)c(Cl)c3)C2(C)C)cn1. The van der Waals surface area contributed by atoms with Crippen LogP contribution < -0.4 is 15.0 Å². The molecule has 0 bridgehead atoms. The van der Waals surface area contributed by atoms with Gasteiger partial charge in [0.05, 0.1) is 75.5 Å². The molecule has 0 spiro atoms. The van der Waals surface area contributed by atoms with E-state index in [4.69, 9.17) is 44.8 Å². The first-order valence-electron chi connectivity index (χ1n) is 19.3. The van der Waals surface area contributed by atoms with Crippen molar-refractivity contribution in [2.75, 3.05) is 77.9 Å². The van der Waals surface area contributed by atoms with Crippen LogP contribution in [0.3, 0.4) is 0 Å². The van der Waals surface area contributed by atoms with Crippen LogP contribution in [0.1, 0.15) is 85.2 Å². The van der Waals surface area contributed by atoms with Crippen molar-refractivity contribution in [3.05, 3.63) is 46.7 Å². The smallest absolute Gasteiger partial charge is 0.419 e. The summed E-state index contributed by atoms with van der Waals surface area (Å²) in [6.07, 6.45) is 1.20. The number of nitriles is 1. The van der Waals surface area contributed by atoms with Crippen molar-refractivity contribution in [2.24, 2.45) is 10.8 Å². The Kier molecular flexibility index (Phi) is 17.5. The first-order valence-corrected chi connectivity index (χ1v) is 19.7. The van der Waals surface area contributed by atoms with E-state index in [1.807, 2.05) is 45.7 Å². The number of benzene rings is 1. The molecular weight excluding hydrogens is 772 g/mol. The van der Waals surface area contributed by atoms with Crippen molar-refractivity contribution in [1.82, 2.24) is 20.2 Å². The molecule has 0 saturated heterocycles. The van der Waals surface area contributed by atoms with Crippen molar-refractivity contribution in [3.8, 4) is 11.8 Å². The average molecular weight is 833 g/mol. The summed E-state index contributed by atoms with van der Waals surface area (Å²) >= 11 is 6.21. The minimum atomic E-state index is -0.799. The van der Waals surface area contributed by atoms with E-state index in [1.165, 1.54) is 12.4 Å². The van der Waals surface area contributed by atoms with Crippen LogP contribution >= 0.6 is 11.6 Å². The number of halogens is 1. The van der Waals surface area contributed by atoms with Crippen LogP contribution in [0.2, 0.25) is 5.02 Å². The zero-order valence-electron chi connectivity index (χ0n) is 35.8. The second kappa shape index (κ2) is 21.1. The van der Waals surface area contributed by atoms with Crippen LogP contribution in [-0.4, -0.2) is 129 Å². The van der Waals surface area contributed by atoms with Crippen LogP contribution in [-0.2, 0) is 28.4 Å². The Labute approximate surface area is 347 Å². The molecule has 1 aliphatic carbocycles. The Morgan fingerprint density at radius 3 is 1.71 bits per heavy atom. The van der Waals surface area contributed by atoms with Crippen LogP contribution in [0.4, 0.5) is 15.5 Å². The van der Waals surface area contributed by atoms with E-state index in [2.05, 4.69) is 15.3 Å². The fourth-order valence-corrected chi connectivity index (χ4v) is 6.77. The molecule has 3 rings (SSSR count). The fraction of sp³-hybridized carbons (Fsp3) is 0.659. The third-order valence-electron chi connectivity index (χ3n) is 9.05. The van der Waals surface area contributed by atoms with Gasteiger partial charge < -0.3 is 43.4 Å². The zero-order chi connectivity index (χ0) is 43.3. The zero-order valence-corrected chi connectivity index (χ0v) is 36.6. The maximum atomic E-state index is 13.2. The summed E-state index contributed by atoms with van der Waals surface area (Å²) in [6.45, 7) is 21.6. The minimum absolute atomic E-state index is 0.0298. The Hall–Kier alpha value is -4.27. The molecule has 1 N–H and O–H groups in total. The molecule has 1 aromatic heterocycles. The number of imide groups is 1. The molecule has 1 fully saturated rings. The summed E-state index contributed by atoms with van der Waals surface area (Å²) in [6, 6.07) is 6.86. The lowest BCUT2D eigenvalue weighted by Gasteiger charge is -2.63. The largest absolute Gasteiger partial charge is 0.489 e. The lowest BCUT2D eigenvalue weighted by atomic mass is 9.49. The third kappa shape index (κ3) is 14.5. The number of carbonyl (C=O) groups excluding carboxylic acids is 3. The van der Waals surface area contributed by atoms with Crippen LogP contribution in [0.25, 0.3) is 0 Å². The fourth-order valence-electron chi connectivity index (χ4n) is 6.56. The summed E-state index contributed by atoms with van der Waals surface area (Å²) in [5, 5.41) is 12.7. The van der Waals surface area contributed by atoms with Crippen molar-refractivity contribution in [2.45, 2.75) is 92.6 Å². The van der Waals surface area contributed by atoms with Gasteiger partial charge in [-0.1, -0.05) is 39.3 Å². The highest BCUT2D eigenvalue weighted by Gasteiger charge is 2.64. The Morgan fingerprint density at radius 2 is 1.26 bits per heavy atom. The summed E-state index contributed by atoms with van der Waals surface area (Å²) in [5.41, 5.74) is -1.62. The third-order valence-corrected chi connectivity index (χ3v) is 9.36. The molecule has 2 aromatic rings. The van der Waals surface area contributed by atoms with E-state index < -0.39 is 34.2 Å². The van der Waals surface area contributed by atoms with E-state index in [0.717, 1.165) is 4.90 Å². The topological polar surface area (TPSA) is 184 Å². The molecule has 58 heavy (non-hydrogen) atoms. The van der Waals surface area contributed by atoms with Crippen LogP contribution in [0, 0.1) is 22.2 Å². The number of likely N-dealkylation sites (N-methyl/N-ethyl adjacent to an activating group) is 1. The molecule has 16 nitrogen and oxygen atoms in total. The van der Waals surface area contributed by atoms with E-state index in [0.29, 0.717) is 74.0 Å². The molecular formula is C41H61ClN6O10. The van der Waals surface area contributed by atoms with Crippen molar-refractivity contribution >= 4 is 35.6 Å². The van der Waals surface area contributed by atoms with Gasteiger partial charge in [0.1, 0.15) is 29.1 Å². The van der Waals surface area contributed by atoms with Gasteiger partial charge in [0.25, 0.3) is 5.91 Å². The van der Waals surface area contributed by atoms with Gasteiger partial charge in [0.15, 0.2) is 0 Å². The highest BCUT2D eigenvalue weighted by atomic mass is 35.5. The Balaban J connectivity index is 1.27. The van der Waals surface area contributed by atoms with Crippen LogP contribution in [0.5, 0.6) is 5.75 Å². The quantitative estimate of drug-likeness (QED) is 0.147. The van der Waals surface area contributed by atoms with E-state index in [9.17, 15) is 19.6 Å². The molecule has 0 atom stereocenters. The Bertz CT molecular complexity index is 1660. The predicted octanol–water partition coefficient (Wildman–Crippen LogP) is 6.29. The average Bonchev–Trinajstić information content (AvgIpc) is 3.12. The highest BCUT2D eigenvalue weighted by molar-refractivity contribution is 6.31. The molecule has 1 saturated carbocycles. The number of rotatable bonds is 20. The summed E-state index contributed by atoms with van der Waals surface area (Å²) in [4.78, 5) is 49.8. The summed E-state index contributed by atoms with van der Waals surface area (Å²) < 4.78 is 39.3. The van der Waals surface area contributed by atoms with E-state index >= 15 is 0 Å². The number of hydrogen-bond acceptors (Lipinski definition) is 14. The molecule has 1 heterocycles. The van der Waals surface area contributed by atoms with Gasteiger partial charge in [-0.3, -0.25) is 4.79 Å². The first kappa shape index (κ1) is 48.1. The molecule has 17 heteroatoms. The van der Waals surface area contributed by atoms with E-state index in [1.54, 1.807) is 59.7 Å². The number of nitrogens with zero attached hydrogens (tertiary/aromatic N) is 5. The second-order valence-corrected chi connectivity index (χ2v) is 17.5. The number of nitrogens with one attached hydrogen (secondary N) is 1. The van der Waals surface area contributed by atoms with Gasteiger partial charge in [-0.25, -0.2) is 24.5 Å². The molecule has 0 radical (unpaired) electrons. The second-order valence-electron chi connectivity index (χ2n) is 17.1. The number of hydrogen-bond donors (Lipinski definition) is 1. The van der Waals surface area contributed by atoms with Gasteiger partial charge in [0.2, 0.25) is 5.95 Å². The van der Waals surface area contributed by atoms with Gasteiger partial charge >= 0.3 is 12.2 Å². The molecule has 3 amide bonds. The van der Waals surface area contributed by atoms with Gasteiger partial charge in [-0.15, -0.1) is 0 Å². The maximum Gasteiger partial charge on any atom is 0.419 e. The normalized spacial score (nSPS) is 17.0. The number of ether oxygens (including phenoxy) is 7. The molecule has 0 aliphatic heterocycles. The number of amides is 3. The van der Waals surface area contributed by atoms with Crippen LogP contribution in [0.15, 0.2) is 30.6 Å². The first-order chi connectivity index (χ1) is 27.1. The molecule has 0 unspecified atom stereocenters. The number of carbonyl (C=O) groups is 3. The minimum Gasteiger partial charge on any atom is -0.489 e. The molecule has 1 aromatic carbocycles. The lowest BCUT2D eigenvalue weighted by Crippen LogP contribution is -2.74. The van der Waals surface area contributed by atoms with Gasteiger partial charge in [-0.05, 0) is 53.7 Å². The van der Waals surface area contributed by atoms with Crippen molar-refractivity contribution in [1.29, 1.82) is 5.26 Å². The monoisotopic (exact) mass is 832 g/mol. The van der Waals surface area contributed by atoms with Gasteiger partial charge in [-0.2, -0.15) is 5.26 Å². The van der Waals surface area contributed by atoms with Gasteiger partial charge in [0, 0.05) is 48.9 Å². The standard InChI is InChI=1S/C41H61ClN6O10/c1-38(2,3)57-36(50)48(37(51)58-39(4,5)6)15-17-53-19-21-55-23-22-54-20-18-52-16-14-47(11)35-44-26-29(27-45-35)32(49)46-33-40(7,8)34(41(33,9)10)56-30-13-12-28(25-43)31(42)24-30/h12-13,24,26-27,33-34H,14-23H2,1-11H3,(H,46,49). The maximum absolute atomic E-state index is 13.2. The lowest BCUT2D eigenvalue weighted by molar-refractivity contribution is -0.164. The number of anilines is 1. The van der Waals surface area contributed by atoms with Crippen molar-refractivity contribution in [3.63, 3.8) is 0 Å². The number of aromatic nitrogens is 2. The summed E-state index contributed by atoms with van der Waals surface area (Å²) in [7, 11) is 1.84. The van der Waals surface area contributed by atoms with Crippen molar-refractivity contribution < 1.29 is 47.5 Å². The predicted molar refractivity (Wildman–Crippen MR) is 217 cm³/mol. The highest BCUT2D eigenvalue weighted by Crippen LogP contribution is 2.55. The summed E-state index contributed by atoms with van der Waals surface area (Å²) in [5.74, 6) is 0.750. The van der Waals surface area contributed by atoms with E-state index in [-0.39, 0.29) is 37.8 Å². The molecule has 322 valence electrons. The molecule has 1 aliphatic rings. The Morgan fingerprint density at radius 1 is 0.793 bits per heavy atom.